The number of rotatable bonds is 6. The molecule has 0 radical (unpaired) electrons. The van der Waals surface area contributed by atoms with Gasteiger partial charge in [-0.3, -0.25) is 14.9 Å². The predicted molar refractivity (Wildman–Crippen MR) is 111 cm³/mol. The maximum atomic E-state index is 13.1. The van der Waals surface area contributed by atoms with Gasteiger partial charge < -0.3 is 10.1 Å². The number of ether oxygens (including phenoxy) is 1. The van der Waals surface area contributed by atoms with Gasteiger partial charge in [0.15, 0.2) is 0 Å². The Balaban J connectivity index is 1.83. The zero-order valence-electron chi connectivity index (χ0n) is 15.9. The Labute approximate surface area is 175 Å². The summed E-state index contributed by atoms with van der Waals surface area (Å²) in [6.07, 6.45) is 2.70. The number of carbonyl (C=O) groups excluding carboxylic acids is 1. The van der Waals surface area contributed by atoms with Crippen molar-refractivity contribution in [2.45, 2.75) is 6.92 Å². The van der Waals surface area contributed by atoms with Crippen LogP contribution in [-0.2, 0) is 4.79 Å². The van der Waals surface area contributed by atoms with E-state index in [9.17, 15) is 19.3 Å². The summed E-state index contributed by atoms with van der Waals surface area (Å²) >= 11 is 6.38. The van der Waals surface area contributed by atoms with Crippen molar-refractivity contribution in [3.8, 4) is 11.4 Å². The number of nitrogens with zero attached hydrogens (tertiary/aromatic N) is 3. The fourth-order valence-electron chi connectivity index (χ4n) is 2.69. The molecule has 0 aliphatic heterocycles. The number of halogens is 2. The van der Waals surface area contributed by atoms with Gasteiger partial charge in [-0.2, -0.15) is 5.10 Å². The predicted octanol–water partition coefficient (Wildman–Crippen LogP) is 4.54. The first-order chi connectivity index (χ1) is 14.3. The highest BCUT2D eigenvalue weighted by molar-refractivity contribution is 6.31. The summed E-state index contributed by atoms with van der Waals surface area (Å²) in [6.45, 7) is 1.72. The summed E-state index contributed by atoms with van der Waals surface area (Å²) in [6, 6.07) is 9.51. The fourth-order valence-corrected chi connectivity index (χ4v) is 3.03. The van der Waals surface area contributed by atoms with Crippen LogP contribution in [0.2, 0.25) is 5.15 Å². The van der Waals surface area contributed by atoms with Crippen molar-refractivity contribution < 1.29 is 18.8 Å². The van der Waals surface area contributed by atoms with Crippen molar-refractivity contribution in [1.82, 2.24) is 9.78 Å². The van der Waals surface area contributed by atoms with E-state index in [1.165, 1.54) is 66.4 Å². The van der Waals surface area contributed by atoms with Crippen LogP contribution < -0.4 is 10.1 Å². The molecule has 1 amide bonds. The number of nitro benzene ring substituents is 1. The van der Waals surface area contributed by atoms with Crippen LogP contribution in [0.4, 0.5) is 15.8 Å². The second kappa shape index (κ2) is 8.75. The van der Waals surface area contributed by atoms with Crippen LogP contribution in [0.25, 0.3) is 11.8 Å². The number of hydrogen-bond acceptors (Lipinski definition) is 5. The Morgan fingerprint density at radius 3 is 2.63 bits per heavy atom. The highest BCUT2D eigenvalue weighted by Gasteiger charge is 2.15. The van der Waals surface area contributed by atoms with Crippen molar-refractivity contribution in [2.75, 3.05) is 12.4 Å². The maximum Gasteiger partial charge on any atom is 0.271 e. The number of benzene rings is 2. The van der Waals surface area contributed by atoms with Gasteiger partial charge >= 0.3 is 0 Å². The van der Waals surface area contributed by atoms with Crippen molar-refractivity contribution in [3.05, 3.63) is 80.9 Å². The van der Waals surface area contributed by atoms with Crippen LogP contribution >= 0.6 is 11.6 Å². The molecule has 0 unspecified atom stereocenters. The minimum absolute atomic E-state index is 0.158. The lowest BCUT2D eigenvalue weighted by molar-refractivity contribution is -0.384. The molecule has 3 aromatic rings. The molecule has 0 spiro atoms. The summed E-state index contributed by atoms with van der Waals surface area (Å²) in [4.78, 5) is 22.7. The SMILES string of the molecule is COc1ccc([N+](=O)[O-])cc1NC(=O)/C=C/c1c(C)nn(-c2ccc(F)cc2)c1Cl. The number of hydrogen-bond donors (Lipinski definition) is 1. The van der Waals surface area contributed by atoms with Gasteiger partial charge in [0.05, 0.1) is 29.1 Å². The third kappa shape index (κ3) is 4.47. The number of aryl methyl sites for hydroxylation is 1. The average molecular weight is 431 g/mol. The molecule has 8 nitrogen and oxygen atoms in total. The van der Waals surface area contributed by atoms with Gasteiger partial charge in [0, 0.05) is 23.8 Å². The van der Waals surface area contributed by atoms with Crippen LogP contribution in [0, 0.1) is 22.9 Å². The normalized spacial score (nSPS) is 10.9. The molecule has 0 saturated heterocycles. The second-order valence-corrected chi connectivity index (χ2v) is 6.50. The molecule has 1 heterocycles. The number of carbonyl (C=O) groups is 1. The van der Waals surface area contributed by atoms with E-state index in [1.807, 2.05) is 0 Å². The monoisotopic (exact) mass is 430 g/mol. The Bertz CT molecular complexity index is 1140. The lowest BCUT2D eigenvalue weighted by atomic mass is 10.2. The first-order valence-corrected chi connectivity index (χ1v) is 9.00. The van der Waals surface area contributed by atoms with Crippen LogP contribution in [0.15, 0.2) is 48.5 Å². The molecule has 3 rings (SSSR count). The first kappa shape index (κ1) is 21.0. The molecule has 0 atom stereocenters. The molecule has 30 heavy (non-hydrogen) atoms. The molecule has 0 aliphatic rings. The van der Waals surface area contributed by atoms with Crippen molar-refractivity contribution in [1.29, 1.82) is 0 Å². The Morgan fingerprint density at radius 2 is 2.00 bits per heavy atom. The van der Waals surface area contributed by atoms with E-state index in [4.69, 9.17) is 16.3 Å². The summed E-state index contributed by atoms with van der Waals surface area (Å²) in [5.74, 6) is -0.647. The lowest BCUT2D eigenvalue weighted by Crippen LogP contribution is -2.09. The highest BCUT2D eigenvalue weighted by atomic mass is 35.5. The molecule has 1 N–H and O–H groups in total. The highest BCUT2D eigenvalue weighted by Crippen LogP contribution is 2.29. The lowest BCUT2D eigenvalue weighted by Gasteiger charge is -2.08. The van der Waals surface area contributed by atoms with Gasteiger partial charge in [-0.25, -0.2) is 9.07 Å². The first-order valence-electron chi connectivity index (χ1n) is 8.62. The molecule has 0 aliphatic carbocycles. The minimum atomic E-state index is -0.572. The Hall–Kier alpha value is -3.72. The Morgan fingerprint density at radius 1 is 1.30 bits per heavy atom. The van der Waals surface area contributed by atoms with Gasteiger partial charge in [-0.1, -0.05) is 11.6 Å². The molecular formula is C20H16ClFN4O4. The Kier molecular flexibility index (Phi) is 6.12. The van der Waals surface area contributed by atoms with Gasteiger partial charge in [-0.15, -0.1) is 0 Å². The molecule has 0 saturated carbocycles. The van der Waals surface area contributed by atoms with E-state index in [0.717, 1.165) is 0 Å². The molecule has 1 aromatic heterocycles. The van der Waals surface area contributed by atoms with Crippen LogP contribution in [0.5, 0.6) is 5.75 Å². The molecule has 0 fully saturated rings. The number of amides is 1. The summed E-state index contributed by atoms with van der Waals surface area (Å²) in [5.41, 5.74) is 1.60. The average Bonchev–Trinajstić information content (AvgIpc) is 3.00. The van der Waals surface area contributed by atoms with E-state index in [0.29, 0.717) is 16.9 Å². The zero-order chi connectivity index (χ0) is 21.8. The fraction of sp³-hybridized carbons (Fsp3) is 0.100. The molecule has 10 heteroatoms. The van der Waals surface area contributed by atoms with Gasteiger partial charge in [0.2, 0.25) is 5.91 Å². The van der Waals surface area contributed by atoms with E-state index in [1.54, 1.807) is 6.92 Å². The summed E-state index contributed by atoms with van der Waals surface area (Å²) < 4.78 is 19.7. The molecular weight excluding hydrogens is 415 g/mol. The quantitative estimate of drug-likeness (QED) is 0.351. The zero-order valence-corrected chi connectivity index (χ0v) is 16.7. The topological polar surface area (TPSA) is 99.3 Å². The van der Waals surface area contributed by atoms with Crippen molar-refractivity contribution >= 4 is 35.0 Å². The van der Waals surface area contributed by atoms with E-state index >= 15 is 0 Å². The molecule has 2 aromatic carbocycles. The van der Waals surface area contributed by atoms with Crippen LogP contribution in [-0.4, -0.2) is 27.7 Å². The minimum Gasteiger partial charge on any atom is -0.495 e. The second-order valence-electron chi connectivity index (χ2n) is 6.14. The summed E-state index contributed by atoms with van der Waals surface area (Å²) in [7, 11) is 1.39. The maximum absolute atomic E-state index is 13.1. The third-order valence-electron chi connectivity index (χ3n) is 4.17. The van der Waals surface area contributed by atoms with Gasteiger partial charge in [0.1, 0.15) is 16.7 Å². The smallest absolute Gasteiger partial charge is 0.271 e. The van der Waals surface area contributed by atoms with E-state index in [2.05, 4.69) is 10.4 Å². The van der Waals surface area contributed by atoms with Gasteiger partial charge in [0.25, 0.3) is 5.69 Å². The van der Waals surface area contributed by atoms with Crippen LogP contribution in [0.1, 0.15) is 11.3 Å². The number of nitro groups is 1. The standard InChI is InChI=1S/C20H16ClFN4O4/c1-12-16(20(21)25(24-12)14-5-3-13(22)4-6-14)8-10-19(27)23-17-11-15(26(28)29)7-9-18(17)30-2/h3-11H,1-2H3,(H,23,27)/b10-8+. The van der Waals surface area contributed by atoms with E-state index in [-0.39, 0.29) is 28.1 Å². The third-order valence-corrected chi connectivity index (χ3v) is 4.54. The number of methoxy groups -OCH3 is 1. The molecule has 154 valence electrons. The van der Waals surface area contributed by atoms with Crippen molar-refractivity contribution in [2.24, 2.45) is 0 Å². The largest absolute Gasteiger partial charge is 0.495 e. The molecule has 0 bridgehead atoms. The number of anilines is 1. The van der Waals surface area contributed by atoms with Crippen molar-refractivity contribution in [3.63, 3.8) is 0 Å². The van der Waals surface area contributed by atoms with Gasteiger partial charge in [-0.05, 0) is 43.3 Å². The number of aromatic nitrogens is 2. The van der Waals surface area contributed by atoms with Crippen LogP contribution in [0.3, 0.4) is 0 Å². The van der Waals surface area contributed by atoms with E-state index < -0.39 is 10.8 Å². The summed E-state index contributed by atoms with van der Waals surface area (Å²) in [5, 5.41) is 18.1. The number of non-ortho nitro benzene ring substituents is 1. The number of nitrogens with one attached hydrogen (secondary N) is 1.